The monoisotopic (exact) mass is 307 g/mol. The molecule has 0 aliphatic rings. The smallest absolute Gasteiger partial charge is 0.0589 e. The second-order valence-electron chi connectivity index (χ2n) is 5.29. The van der Waals surface area contributed by atoms with Crippen LogP contribution in [0.5, 0.6) is 0 Å². The fourth-order valence-electron chi connectivity index (χ4n) is 1.66. The molecule has 0 saturated heterocycles. The Kier molecular flexibility index (Phi) is 5.66. The van der Waals surface area contributed by atoms with Gasteiger partial charge in [0.2, 0.25) is 0 Å². The Morgan fingerprint density at radius 2 is 1.94 bits per heavy atom. The third-order valence-corrected chi connectivity index (χ3v) is 4.99. The fourth-order valence-corrected chi connectivity index (χ4v) is 3.96. The zero-order valence-corrected chi connectivity index (χ0v) is 13.4. The van der Waals surface area contributed by atoms with Crippen LogP contribution in [0, 0.1) is 5.41 Å². The van der Waals surface area contributed by atoms with Crippen LogP contribution in [-0.2, 0) is 10.8 Å². The summed E-state index contributed by atoms with van der Waals surface area (Å²) in [6.45, 7) is 6.35. The van der Waals surface area contributed by atoms with Crippen molar-refractivity contribution in [3.05, 3.63) is 28.2 Å². The summed E-state index contributed by atoms with van der Waals surface area (Å²) in [5, 5.41) is 4.26. The molecule has 0 aromatic heterocycles. The topological polar surface area (TPSA) is 29.1 Å². The first-order valence-electron chi connectivity index (χ1n) is 5.76. The van der Waals surface area contributed by atoms with Crippen molar-refractivity contribution in [3.63, 3.8) is 0 Å². The molecule has 0 amide bonds. The van der Waals surface area contributed by atoms with Crippen LogP contribution in [0.3, 0.4) is 0 Å². The first kappa shape index (κ1) is 16.0. The largest absolute Gasteiger partial charge is 0.316 e. The van der Waals surface area contributed by atoms with Crippen LogP contribution in [0.1, 0.15) is 20.8 Å². The van der Waals surface area contributed by atoms with Gasteiger partial charge in [-0.05, 0) is 30.7 Å². The number of benzene rings is 1. The molecule has 0 saturated carbocycles. The lowest BCUT2D eigenvalue weighted by Crippen LogP contribution is -2.42. The molecule has 2 unspecified atom stereocenters. The van der Waals surface area contributed by atoms with E-state index in [2.05, 4.69) is 26.1 Å². The fraction of sp³-hybridized carbons (Fsp3) is 0.538. The molecule has 1 rings (SSSR count). The first-order chi connectivity index (χ1) is 8.25. The maximum atomic E-state index is 12.4. The van der Waals surface area contributed by atoms with Crippen LogP contribution < -0.4 is 5.32 Å². The van der Waals surface area contributed by atoms with Crippen molar-refractivity contribution < 1.29 is 4.21 Å². The Hall–Kier alpha value is -0.0900. The molecule has 2 nitrogen and oxygen atoms in total. The summed E-state index contributed by atoms with van der Waals surface area (Å²) in [5.74, 6) is 0.514. The van der Waals surface area contributed by atoms with Crippen molar-refractivity contribution in [2.45, 2.75) is 31.7 Å². The lowest BCUT2D eigenvalue weighted by Gasteiger charge is -2.30. The summed E-state index contributed by atoms with van der Waals surface area (Å²) in [6, 6.07) is 5.20. The molecule has 18 heavy (non-hydrogen) atoms. The van der Waals surface area contributed by atoms with Gasteiger partial charge in [-0.2, -0.15) is 0 Å². The summed E-state index contributed by atoms with van der Waals surface area (Å²) in [5.41, 5.74) is 0.0372. The van der Waals surface area contributed by atoms with Gasteiger partial charge in [0, 0.05) is 16.8 Å². The van der Waals surface area contributed by atoms with Crippen LogP contribution in [0.4, 0.5) is 0 Å². The Morgan fingerprint density at radius 1 is 1.33 bits per heavy atom. The Labute approximate surface area is 122 Å². The number of hydrogen-bond donors (Lipinski definition) is 1. The molecule has 0 aliphatic carbocycles. The normalized spacial score (nSPS) is 15.4. The van der Waals surface area contributed by atoms with Gasteiger partial charge in [0.25, 0.3) is 0 Å². The van der Waals surface area contributed by atoms with E-state index in [4.69, 9.17) is 23.2 Å². The van der Waals surface area contributed by atoms with Crippen LogP contribution in [-0.4, -0.2) is 23.1 Å². The molecule has 0 spiro atoms. The summed E-state index contributed by atoms with van der Waals surface area (Å²) in [4.78, 5) is 0.605. The molecule has 0 aliphatic heterocycles. The summed E-state index contributed by atoms with van der Waals surface area (Å²) in [6.07, 6.45) is 0. The van der Waals surface area contributed by atoms with Crippen molar-refractivity contribution in [1.29, 1.82) is 0 Å². The van der Waals surface area contributed by atoms with Crippen molar-refractivity contribution in [2.75, 3.05) is 12.8 Å². The van der Waals surface area contributed by atoms with E-state index < -0.39 is 10.8 Å². The quantitative estimate of drug-likeness (QED) is 0.918. The molecule has 0 heterocycles. The molecule has 1 aromatic carbocycles. The Morgan fingerprint density at radius 3 is 2.44 bits per heavy atom. The van der Waals surface area contributed by atoms with Gasteiger partial charge in [0.1, 0.15) is 0 Å². The number of nitrogens with one attached hydrogen (secondary N) is 1. The van der Waals surface area contributed by atoms with Gasteiger partial charge in [0.15, 0.2) is 0 Å². The van der Waals surface area contributed by atoms with Crippen LogP contribution in [0.15, 0.2) is 23.1 Å². The minimum atomic E-state index is -1.16. The van der Waals surface area contributed by atoms with Gasteiger partial charge in [-0.25, -0.2) is 0 Å². The molecule has 1 N–H and O–H groups in total. The van der Waals surface area contributed by atoms with Crippen molar-refractivity contribution in [2.24, 2.45) is 5.41 Å². The van der Waals surface area contributed by atoms with Crippen molar-refractivity contribution >= 4 is 34.0 Å². The lowest BCUT2D eigenvalue weighted by molar-refractivity contribution is 0.304. The van der Waals surface area contributed by atoms with Gasteiger partial charge in [-0.3, -0.25) is 4.21 Å². The average Bonchev–Trinajstić information content (AvgIpc) is 2.27. The zero-order valence-electron chi connectivity index (χ0n) is 11.1. The van der Waals surface area contributed by atoms with Crippen LogP contribution in [0.2, 0.25) is 10.0 Å². The van der Waals surface area contributed by atoms with Crippen molar-refractivity contribution in [3.8, 4) is 0 Å². The Balaban J connectivity index is 2.91. The van der Waals surface area contributed by atoms with E-state index >= 15 is 0 Å². The number of rotatable bonds is 4. The average molecular weight is 308 g/mol. The van der Waals surface area contributed by atoms with E-state index in [9.17, 15) is 4.21 Å². The molecule has 1 aromatic rings. The van der Waals surface area contributed by atoms with Gasteiger partial charge in [-0.15, -0.1) is 0 Å². The maximum Gasteiger partial charge on any atom is 0.0589 e. The summed E-state index contributed by atoms with van der Waals surface area (Å²) >= 11 is 12.0. The molecular formula is C13H19Cl2NOS. The molecule has 0 radical (unpaired) electrons. The van der Waals surface area contributed by atoms with E-state index in [1.54, 1.807) is 18.2 Å². The molecular weight excluding hydrogens is 289 g/mol. The highest BCUT2D eigenvalue weighted by Gasteiger charge is 2.26. The van der Waals surface area contributed by atoms with E-state index in [0.29, 0.717) is 20.7 Å². The van der Waals surface area contributed by atoms with Crippen LogP contribution in [0.25, 0.3) is 0 Å². The highest BCUT2D eigenvalue weighted by Crippen LogP contribution is 2.26. The first-order valence-corrected chi connectivity index (χ1v) is 7.84. The van der Waals surface area contributed by atoms with E-state index in [-0.39, 0.29) is 11.5 Å². The molecule has 0 bridgehead atoms. The van der Waals surface area contributed by atoms with Gasteiger partial charge < -0.3 is 5.32 Å². The second-order valence-corrected chi connectivity index (χ2v) is 7.60. The third kappa shape index (κ3) is 4.23. The zero-order chi connectivity index (χ0) is 13.9. The highest BCUT2D eigenvalue weighted by atomic mass is 35.5. The maximum absolute atomic E-state index is 12.4. The molecule has 0 fully saturated rings. The molecule has 102 valence electrons. The van der Waals surface area contributed by atoms with Gasteiger partial charge >= 0.3 is 0 Å². The predicted octanol–water partition coefficient (Wildman–Crippen LogP) is 3.74. The minimum Gasteiger partial charge on any atom is -0.316 e. The van der Waals surface area contributed by atoms with Gasteiger partial charge in [0.05, 0.1) is 20.7 Å². The highest BCUT2D eigenvalue weighted by molar-refractivity contribution is 7.85. The van der Waals surface area contributed by atoms with Crippen molar-refractivity contribution in [1.82, 2.24) is 5.32 Å². The molecule has 5 heteroatoms. The molecule has 2 atom stereocenters. The van der Waals surface area contributed by atoms with E-state index in [1.165, 1.54) is 0 Å². The number of halogens is 2. The van der Waals surface area contributed by atoms with E-state index in [0.717, 1.165) is 0 Å². The predicted molar refractivity (Wildman–Crippen MR) is 80.0 cm³/mol. The summed E-state index contributed by atoms with van der Waals surface area (Å²) in [7, 11) is 0.721. The standard InChI is InChI=1S/C13H19Cl2NOS/c1-13(2,3)12(16-4)8-18(17)11-7-9(14)5-6-10(11)15/h5-7,12,16H,8H2,1-4H3. The van der Waals surface area contributed by atoms with Crippen LogP contribution >= 0.6 is 23.2 Å². The number of hydrogen-bond acceptors (Lipinski definition) is 2. The van der Waals surface area contributed by atoms with E-state index in [1.807, 2.05) is 7.05 Å². The second kappa shape index (κ2) is 6.38. The lowest BCUT2D eigenvalue weighted by atomic mass is 9.88. The Bertz CT molecular complexity index is 443. The third-order valence-electron chi connectivity index (χ3n) is 2.85. The minimum absolute atomic E-state index is 0.0372. The van der Waals surface area contributed by atoms with Gasteiger partial charge in [-0.1, -0.05) is 44.0 Å². The SMILES string of the molecule is CNC(CS(=O)c1cc(Cl)ccc1Cl)C(C)(C)C. The summed E-state index contributed by atoms with van der Waals surface area (Å²) < 4.78 is 12.4.